The van der Waals surface area contributed by atoms with E-state index in [9.17, 15) is 27.6 Å². The highest BCUT2D eigenvalue weighted by Gasteiger charge is 2.31. The lowest BCUT2D eigenvalue weighted by Gasteiger charge is -2.13. The smallest absolute Gasteiger partial charge is 0.416 e. The number of carboxylic acids is 1. The second kappa shape index (κ2) is 6.93. The molecule has 2 aromatic rings. The number of benzene rings is 1. The van der Waals surface area contributed by atoms with Crippen molar-refractivity contribution in [1.82, 2.24) is 9.13 Å². The number of aromatic nitrogens is 2. The van der Waals surface area contributed by atoms with Crippen molar-refractivity contribution in [1.29, 1.82) is 0 Å². The Kier molecular flexibility index (Phi) is 5.12. The second-order valence-corrected chi connectivity index (χ2v) is 5.01. The van der Waals surface area contributed by atoms with Crippen LogP contribution in [0.3, 0.4) is 0 Å². The molecule has 7 nitrogen and oxygen atoms in total. The third-order valence-corrected chi connectivity index (χ3v) is 3.35. The van der Waals surface area contributed by atoms with Gasteiger partial charge in [0, 0.05) is 13.3 Å². The summed E-state index contributed by atoms with van der Waals surface area (Å²) in [6.07, 6.45) is -3.84. The third kappa shape index (κ3) is 3.79. The van der Waals surface area contributed by atoms with Gasteiger partial charge < -0.3 is 9.84 Å². The fraction of sp³-hybridized carbons (Fsp3) is 0.267. The van der Waals surface area contributed by atoms with Crippen LogP contribution >= 0.6 is 0 Å². The van der Waals surface area contributed by atoms with Gasteiger partial charge in [-0.3, -0.25) is 9.36 Å². The molecule has 0 bridgehead atoms. The molecular formula is C15H13F3N2O5. The molecule has 0 fully saturated rings. The van der Waals surface area contributed by atoms with Crippen molar-refractivity contribution in [2.45, 2.75) is 12.7 Å². The van der Waals surface area contributed by atoms with Crippen LogP contribution in [-0.2, 0) is 17.5 Å². The van der Waals surface area contributed by atoms with Crippen LogP contribution in [0.4, 0.5) is 13.2 Å². The molecule has 0 saturated carbocycles. The number of alkyl halides is 3. The van der Waals surface area contributed by atoms with Crippen LogP contribution in [0.15, 0.2) is 40.1 Å². The highest BCUT2D eigenvalue weighted by atomic mass is 19.4. The van der Waals surface area contributed by atoms with Crippen molar-refractivity contribution in [3.63, 3.8) is 0 Å². The van der Waals surface area contributed by atoms with E-state index < -0.39 is 34.5 Å². The molecule has 134 valence electrons. The lowest BCUT2D eigenvalue weighted by Crippen LogP contribution is -2.41. The van der Waals surface area contributed by atoms with E-state index in [1.54, 1.807) is 0 Å². The van der Waals surface area contributed by atoms with Crippen molar-refractivity contribution < 1.29 is 27.8 Å². The van der Waals surface area contributed by atoms with Crippen molar-refractivity contribution in [3.8, 4) is 5.69 Å². The SMILES string of the molecule is COCCn1cc(C(=O)O)c(=O)n(-c2cccc(C(F)(F)F)c2)c1=O. The number of carboxylic acid groups (broad SMARTS) is 1. The van der Waals surface area contributed by atoms with Gasteiger partial charge in [-0.25, -0.2) is 14.2 Å². The summed E-state index contributed by atoms with van der Waals surface area (Å²) in [4.78, 5) is 35.9. The number of carbonyl (C=O) groups is 1. The minimum atomic E-state index is -4.68. The quantitative estimate of drug-likeness (QED) is 0.872. The first-order valence-electron chi connectivity index (χ1n) is 6.93. The highest BCUT2D eigenvalue weighted by Crippen LogP contribution is 2.29. The number of aromatic carboxylic acids is 1. The van der Waals surface area contributed by atoms with E-state index in [0.29, 0.717) is 10.6 Å². The zero-order valence-electron chi connectivity index (χ0n) is 12.9. The first-order chi connectivity index (χ1) is 11.7. The van der Waals surface area contributed by atoms with Crippen LogP contribution in [-0.4, -0.2) is 33.9 Å². The molecule has 0 spiro atoms. The summed E-state index contributed by atoms with van der Waals surface area (Å²) in [5.41, 5.74) is -4.37. The van der Waals surface area contributed by atoms with Crippen molar-refractivity contribution in [2.75, 3.05) is 13.7 Å². The normalized spacial score (nSPS) is 11.5. The molecule has 0 saturated heterocycles. The second-order valence-electron chi connectivity index (χ2n) is 5.01. The fourth-order valence-electron chi connectivity index (χ4n) is 2.15. The van der Waals surface area contributed by atoms with Crippen LogP contribution in [0.5, 0.6) is 0 Å². The van der Waals surface area contributed by atoms with E-state index in [1.807, 2.05) is 0 Å². The van der Waals surface area contributed by atoms with E-state index in [4.69, 9.17) is 9.84 Å². The predicted octanol–water partition coefficient (Wildman–Crippen LogP) is 1.36. The number of halogens is 3. The first-order valence-corrected chi connectivity index (χ1v) is 6.93. The van der Waals surface area contributed by atoms with Gasteiger partial charge in [-0.1, -0.05) is 6.07 Å². The van der Waals surface area contributed by atoms with Crippen LogP contribution in [0.25, 0.3) is 5.69 Å². The summed E-state index contributed by atoms with van der Waals surface area (Å²) in [6, 6.07) is 3.52. The largest absolute Gasteiger partial charge is 0.477 e. The average Bonchev–Trinajstić information content (AvgIpc) is 2.53. The monoisotopic (exact) mass is 358 g/mol. The average molecular weight is 358 g/mol. The topological polar surface area (TPSA) is 90.5 Å². The third-order valence-electron chi connectivity index (χ3n) is 3.35. The number of nitrogens with zero attached hydrogens (tertiary/aromatic N) is 2. The van der Waals surface area contributed by atoms with Crippen LogP contribution in [0.2, 0.25) is 0 Å². The van der Waals surface area contributed by atoms with Crippen molar-refractivity contribution >= 4 is 5.97 Å². The lowest BCUT2D eigenvalue weighted by molar-refractivity contribution is -0.137. The molecule has 0 unspecified atom stereocenters. The van der Waals surface area contributed by atoms with Gasteiger partial charge in [-0.15, -0.1) is 0 Å². The summed E-state index contributed by atoms with van der Waals surface area (Å²) >= 11 is 0. The lowest BCUT2D eigenvalue weighted by atomic mass is 10.2. The molecule has 25 heavy (non-hydrogen) atoms. The summed E-state index contributed by atoms with van der Waals surface area (Å²) in [7, 11) is 1.35. The Bertz CT molecular complexity index is 915. The minimum Gasteiger partial charge on any atom is -0.477 e. The molecule has 0 aliphatic heterocycles. The Morgan fingerprint density at radius 1 is 1.28 bits per heavy atom. The van der Waals surface area contributed by atoms with E-state index >= 15 is 0 Å². The standard InChI is InChI=1S/C15H13F3N2O5/c1-25-6-5-19-8-11(13(22)23)12(21)20(14(19)24)10-4-2-3-9(7-10)15(16,17)18/h2-4,7-8H,5-6H2,1H3,(H,22,23). The summed E-state index contributed by atoms with van der Waals surface area (Å²) in [5, 5.41) is 9.12. The van der Waals surface area contributed by atoms with E-state index in [2.05, 4.69) is 0 Å². The van der Waals surface area contributed by atoms with Gasteiger partial charge in [0.1, 0.15) is 5.56 Å². The maximum Gasteiger partial charge on any atom is 0.416 e. The molecule has 1 N–H and O–H groups in total. The number of methoxy groups -OCH3 is 1. The van der Waals surface area contributed by atoms with Gasteiger partial charge in [-0.05, 0) is 18.2 Å². The van der Waals surface area contributed by atoms with Crippen LogP contribution in [0, 0.1) is 0 Å². The zero-order chi connectivity index (χ0) is 18.8. The first kappa shape index (κ1) is 18.5. The Balaban J connectivity index is 2.76. The Hall–Kier alpha value is -2.88. The molecule has 0 atom stereocenters. The molecule has 1 aromatic carbocycles. The van der Waals surface area contributed by atoms with Gasteiger partial charge in [0.2, 0.25) is 0 Å². The van der Waals surface area contributed by atoms with Gasteiger partial charge in [0.25, 0.3) is 5.56 Å². The van der Waals surface area contributed by atoms with Crippen molar-refractivity contribution in [2.24, 2.45) is 0 Å². The highest BCUT2D eigenvalue weighted by molar-refractivity contribution is 5.86. The molecule has 0 aliphatic carbocycles. The number of ether oxygens (including phenoxy) is 1. The number of rotatable bonds is 5. The molecular weight excluding hydrogens is 345 g/mol. The Morgan fingerprint density at radius 2 is 1.96 bits per heavy atom. The van der Waals surface area contributed by atoms with E-state index in [-0.39, 0.29) is 18.8 Å². The van der Waals surface area contributed by atoms with Gasteiger partial charge >= 0.3 is 17.8 Å². The van der Waals surface area contributed by atoms with Crippen molar-refractivity contribution in [3.05, 3.63) is 62.4 Å². The molecule has 0 amide bonds. The fourth-order valence-corrected chi connectivity index (χ4v) is 2.15. The zero-order valence-corrected chi connectivity index (χ0v) is 12.9. The van der Waals surface area contributed by atoms with E-state index in [1.165, 1.54) is 7.11 Å². The van der Waals surface area contributed by atoms with Crippen LogP contribution < -0.4 is 11.2 Å². The Labute approximate surface area is 138 Å². The molecule has 10 heteroatoms. The summed E-state index contributed by atoms with van der Waals surface area (Å²) < 4.78 is 44.7. The minimum absolute atomic E-state index is 0.0414. The molecule has 1 aromatic heterocycles. The summed E-state index contributed by atoms with van der Waals surface area (Å²) in [5.74, 6) is -1.60. The molecule has 0 aliphatic rings. The van der Waals surface area contributed by atoms with Gasteiger partial charge in [0.15, 0.2) is 0 Å². The van der Waals surface area contributed by atoms with E-state index in [0.717, 1.165) is 29.0 Å². The van der Waals surface area contributed by atoms with Crippen LogP contribution in [0.1, 0.15) is 15.9 Å². The summed E-state index contributed by atoms with van der Waals surface area (Å²) in [6.45, 7) is -0.0331. The molecule has 1 heterocycles. The van der Waals surface area contributed by atoms with Gasteiger partial charge in [0.05, 0.1) is 24.4 Å². The number of hydrogen-bond acceptors (Lipinski definition) is 4. The predicted molar refractivity (Wildman–Crippen MR) is 80.1 cm³/mol. The molecule has 2 rings (SSSR count). The molecule has 0 radical (unpaired) electrons. The maximum atomic E-state index is 12.9. The van der Waals surface area contributed by atoms with Gasteiger partial charge in [-0.2, -0.15) is 13.2 Å². The Morgan fingerprint density at radius 3 is 2.52 bits per heavy atom. The maximum absolute atomic E-state index is 12.9. The number of hydrogen-bond donors (Lipinski definition) is 1.